The molecule has 17 nitrogen and oxygen atoms in total. The number of rotatable bonds is 15. The van der Waals surface area contributed by atoms with Crippen LogP contribution in [-0.2, 0) is 46.5 Å². The molecule has 1 fully saturated rings. The Labute approximate surface area is 287 Å². The highest BCUT2D eigenvalue weighted by molar-refractivity contribution is 6.41. The second kappa shape index (κ2) is 17.9. The number of aliphatic carboxylic acids is 1. The van der Waals surface area contributed by atoms with E-state index in [-0.39, 0.29) is 37.0 Å². The van der Waals surface area contributed by atoms with E-state index in [4.69, 9.17) is 21.1 Å². The van der Waals surface area contributed by atoms with Crippen LogP contribution in [0.4, 0.5) is 4.79 Å². The van der Waals surface area contributed by atoms with Gasteiger partial charge in [0.25, 0.3) is 0 Å². The molecule has 0 saturated carbocycles. The number of aromatic amines is 1. The van der Waals surface area contributed by atoms with Crippen molar-refractivity contribution in [3.8, 4) is 0 Å². The summed E-state index contributed by atoms with van der Waals surface area (Å²) in [5, 5.41) is 30.4. The van der Waals surface area contributed by atoms with E-state index in [1.807, 2.05) is 0 Å². The van der Waals surface area contributed by atoms with E-state index in [9.17, 15) is 33.9 Å². The smallest absolute Gasteiger partial charge is 0.408 e. The normalized spacial score (nSPS) is 16.6. The fourth-order valence-corrected chi connectivity index (χ4v) is 5.20. The Bertz CT molecular complexity index is 1500. The molecule has 1 aliphatic rings. The SMILES string of the molecule is CCOC(=O)/C(Cl)=C/[C@H](Cc1nn[nH]n1)NC(=O)[C@H]1CCCN1C(=O)C(NC(=O)[C@H](CC(=O)O)NC(=O)OCc1ccccc1)C(C)(C)C. The monoisotopic (exact) mass is 704 g/mol. The summed E-state index contributed by atoms with van der Waals surface area (Å²) >= 11 is 6.14. The summed E-state index contributed by atoms with van der Waals surface area (Å²) in [5.74, 6) is -4.02. The highest BCUT2D eigenvalue weighted by atomic mass is 35.5. The van der Waals surface area contributed by atoms with Gasteiger partial charge in [0, 0.05) is 13.0 Å². The number of nitrogens with zero attached hydrogens (tertiary/aromatic N) is 4. The zero-order valence-electron chi connectivity index (χ0n) is 27.6. The molecule has 3 rings (SSSR count). The quantitative estimate of drug-likeness (QED) is 0.130. The van der Waals surface area contributed by atoms with Crippen molar-refractivity contribution in [2.75, 3.05) is 13.2 Å². The van der Waals surface area contributed by atoms with Gasteiger partial charge in [0.05, 0.1) is 19.1 Å². The third-order valence-electron chi connectivity index (χ3n) is 7.38. The van der Waals surface area contributed by atoms with E-state index < -0.39 is 71.8 Å². The Balaban J connectivity index is 1.75. The Morgan fingerprint density at radius 3 is 2.43 bits per heavy atom. The number of aromatic nitrogens is 4. The van der Waals surface area contributed by atoms with Crippen LogP contribution < -0.4 is 16.0 Å². The molecule has 1 aromatic heterocycles. The number of carbonyl (C=O) groups excluding carboxylic acids is 5. The second-order valence-electron chi connectivity index (χ2n) is 12.2. The van der Waals surface area contributed by atoms with Gasteiger partial charge >= 0.3 is 18.0 Å². The molecule has 0 bridgehead atoms. The second-order valence-corrected chi connectivity index (χ2v) is 12.6. The predicted molar refractivity (Wildman–Crippen MR) is 172 cm³/mol. The van der Waals surface area contributed by atoms with Gasteiger partial charge in [-0.2, -0.15) is 5.21 Å². The Hall–Kier alpha value is -5.06. The molecule has 2 heterocycles. The minimum absolute atomic E-state index is 0.00491. The first-order valence-corrected chi connectivity index (χ1v) is 15.9. The van der Waals surface area contributed by atoms with Crippen LogP contribution in [0.1, 0.15) is 58.3 Å². The van der Waals surface area contributed by atoms with Gasteiger partial charge < -0.3 is 35.4 Å². The number of hydrogen-bond acceptors (Lipinski definition) is 11. The van der Waals surface area contributed by atoms with E-state index in [1.54, 1.807) is 58.0 Å². The number of nitrogens with one attached hydrogen (secondary N) is 4. The summed E-state index contributed by atoms with van der Waals surface area (Å²) in [6, 6.07) is 4.11. The molecule has 18 heteroatoms. The number of halogens is 1. The third kappa shape index (κ3) is 11.8. The van der Waals surface area contributed by atoms with Crippen LogP contribution >= 0.6 is 11.6 Å². The number of likely N-dealkylation sites (tertiary alicyclic amines) is 1. The molecule has 0 spiro atoms. The first kappa shape index (κ1) is 38.4. The summed E-state index contributed by atoms with van der Waals surface area (Å²) < 4.78 is 10.1. The van der Waals surface area contributed by atoms with Crippen LogP contribution in [-0.4, -0.2) is 104 Å². The van der Waals surface area contributed by atoms with Crippen LogP contribution in [0.3, 0.4) is 0 Å². The van der Waals surface area contributed by atoms with Gasteiger partial charge in [-0.05, 0) is 36.8 Å². The van der Waals surface area contributed by atoms with Crippen molar-refractivity contribution in [1.29, 1.82) is 0 Å². The number of carboxylic acids is 1. The molecular weight excluding hydrogens is 664 g/mol. The fraction of sp³-hybridized carbons (Fsp3) is 0.516. The molecule has 49 heavy (non-hydrogen) atoms. The van der Waals surface area contributed by atoms with E-state index in [0.29, 0.717) is 18.4 Å². The number of carbonyl (C=O) groups is 6. The molecule has 2 aromatic rings. The summed E-state index contributed by atoms with van der Waals surface area (Å²) in [6.45, 7) is 6.85. The number of carboxylic acid groups (broad SMARTS) is 1. The number of benzene rings is 1. The zero-order chi connectivity index (χ0) is 36.1. The minimum Gasteiger partial charge on any atom is -0.481 e. The highest BCUT2D eigenvalue weighted by Gasteiger charge is 2.43. The number of alkyl carbamates (subject to hydrolysis) is 1. The first-order valence-electron chi connectivity index (χ1n) is 15.6. The molecule has 1 aliphatic heterocycles. The maximum atomic E-state index is 14.0. The van der Waals surface area contributed by atoms with Gasteiger partial charge in [0.1, 0.15) is 29.8 Å². The van der Waals surface area contributed by atoms with Gasteiger partial charge in [-0.15, -0.1) is 10.2 Å². The van der Waals surface area contributed by atoms with Gasteiger partial charge in [-0.1, -0.05) is 67.9 Å². The summed E-state index contributed by atoms with van der Waals surface area (Å²) in [5.41, 5.74) is -0.228. The predicted octanol–water partition coefficient (Wildman–Crippen LogP) is 1.20. The van der Waals surface area contributed by atoms with E-state index in [2.05, 4.69) is 36.6 Å². The summed E-state index contributed by atoms with van der Waals surface area (Å²) in [4.78, 5) is 78.6. The van der Waals surface area contributed by atoms with Crippen molar-refractivity contribution in [1.82, 2.24) is 41.5 Å². The molecule has 4 atom stereocenters. The van der Waals surface area contributed by atoms with Gasteiger partial charge in [-0.3, -0.25) is 19.2 Å². The molecule has 5 N–H and O–H groups in total. The van der Waals surface area contributed by atoms with Gasteiger partial charge in [0.15, 0.2) is 5.82 Å². The summed E-state index contributed by atoms with van der Waals surface area (Å²) in [6.07, 6.45) is 0.254. The fourth-order valence-electron chi connectivity index (χ4n) is 4.99. The lowest BCUT2D eigenvalue weighted by atomic mass is 9.85. The van der Waals surface area contributed by atoms with Crippen molar-refractivity contribution < 1.29 is 43.3 Å². The third-order valence-corrected chi connectivity index (χ3v) is 7.66. The Morgan fingerprint density at radius 2 is 1.82 bits per heavy atom. The molecular formula is C31H41ClN8O9. The largest absolute Gasteiger partial charge is 0.481 e. The molecule has 266 valence electrons. The topological polar surface area (TPSA) is 235 Å². The van der Waals surface area contributed by atoms with Crippen molar-refractivity contribution in [3.05, 3.63) is 52.8 Å². The first-order chi connectivity index (χ1) is 23.2. The average molecular weight is 705 g/mol. The van der Waals surface area contributed by atoms with Crippen molar-refractivity contribution >= 4 is 47.4 Å². The zero-order valence-corrected chi connectivity index (χ0v) is 28.4. The highest BCUT2D eigenvalue weighted by Crippen LogP contribution is 2.26. The maximum Gasteiger partial charge on any atom is 0.408 e. The van der Waals surface area contributed by atoms with Crippen LogP contribution in [0.2, 0.25) is 0 Å². The lowest BCUT2D eigenvalue weighted by Gasteiger charge is -2.36. The van der Waals surface area contributed by atoms with Gasteiger partial charge in [-0.25, -0.2) is 9.59 Å². The molecule has 4 amide bonds. The van der Waals surface area contributed by atoms with E-state index >= 15 is 0 Å². The Kier molecular flexibility index (Phi) is 14.0. The minimum atomic E-state index is -1.57. The number of H-pyrrole nitrogens is 1. The van der Waals surface area contributed by atoms with E-state index in [0.717, 1.165) is 0 Å². The number of ether oxygens (including phenoxy) is 2. The maximum absolute atomic E-state index is 14.0. The van der Waals surface area contributed by atoms with Crippen molar-refractivity contribution in [2.45, 2.75) is 84.2 Å². The van der Waals surface area contributed by atoms with Gasteiger partial charge in [0.2, 0.25) is 17.7 Å². The number of hydrogen-bond donors (Lipinski definition) is 5. The van der Waals surface area contributed by atoms with E-state index in [1.165, 1.54) is 11.0 Å². The van der Waals surface area contributed by atoms with Crippen molar-refractivity contribution in [3.63, 3.8) is 0 Å². The molecule has 1 unspecified atom stereocenters. The van der Waals surface area contributed by atoms with Crippen LogP contribution in [0.5, 0.6) is 0 Å². The number of tetrazole rings is 1. The Morgan fingerprint density at radius 1 is 1.10 bits per heavy atom. The molecule has 1 saturated heterocycles. The van der Waals surface area contributed by atoms with Crippen LogP contribution in [0, 0.1) is 5.41 Å². The molecule has 0 radical (unpaired) electrons. The number of esters is 1. The van der Waals surface area contributed by atoms with Crippen molar-refractivity contribution in [2.24, 2.45) is 5.41 Å². The molecule has 1 aromatic carbocycles. The number of amides is 4. The average Bonchev–Trinajstić information content (AvgIpc) is 3.74. The summed E-state index contributed by atoms with van der Waals surface area (Å²) in [7, 11) is 0. The van der Waals surface area contributed by atoms with Crippen LogP contribution in [0.25, 0.3) is 0 Å². The standard InChI is InChI=1S/C31H41ClN8O9/c1-5-48-29(46)20(32)14-19(15-23-36-38-39-37-23)33-27(44)22-12-9-13-40(22)28(45)25(31(2,3)4)35-26(43)21(16-24(41)42)34-30(47)49-17-18-10-7-6-8-11-18/h6-8,10-11,14,19,21-22,25H,5,9,12-13,15-17H2,1-4H3,(H,33,44)(H,34,47)(H,35,43)(H,41,42)(H,36,37,38,39)/b20-14-/t19-,21+,22-,25?/m1/s1. The lowest BCUT2D eigenvalue weighted by Crippen LogP contribution is -2.60. The molecule has 0 aliphatic carbocycles. The van der Waals surface area contributed by atoms with Crippen LogP contribution in [0.15, 0.2) is 41.4 Å². The lowest BCUT2D eigenvalue weighted by molar-refractivity contribution is -0.145.